The number of halogens is 1. The first kappa shape index (κ1) is 14.9. The Morgan fingerprint density at radius 1 is 1.17 bits per heavy atom. The summed E-state index contributed by atoms with van der Waals surface area (Å²) in [6, 6.07) is 10.2. The fourth-order valence-electron chi connectivity index (χ4n) is 3.41. The molecule has 0 spiro atoms. The molecule has 0 unspecified atom stereocenters. The molecule has 122 valence electrons. The van der Waals surface area contributed by atoms with Gasteiger partial charge in [0, 0.05) is 5.56 Å². The lowest BCUT2D eigenvalue weighted by atomic mass is 10.0. The minimum Gasteiger partial charge on any atom is -0.488 e. The third-order valence-electron chi connectivity index (χ3n) is 4.46. The van der Waals surface area contributed by atoms with Gasteiger partial charge in [0.05, 0.1) is 5.39 Å². The van der Waals surface area contributed by atoms with Crippen molar-refractivity contribution in [2.45, 2.75) is 32.8 Å². The SMILES string of the molecule is Cc1cc(OCc2cccc(F)c2)c2c3c(c(=O)oc2c1)CCC3. The zero-order valence-corrected chi connectivity index (χ0v) is 13.4. The quantitative estimate of drug-likeness (QED) is 0.674. The predicted octanol–water partition coefficient (Wildman–Crippen LogP) is 4.31. The summed E-state index contributed by atoms with van der Waals surface area (Å²) in [5.74, 6) is 0.410. The number of fused-ring (bicyclic) bond motifs is 3. The fraction of sp³-hybridized carbons (Fsp3) is 0.250. The van der Waals surface area contributed by atoms with E-state index in [-0.39, 0.29) is 18.0 Å². The maximum absolute atomic E-state index is 13.3. The molecule has 4 heteroatoms. The van der Waals surface area contributed by atoms with E-state index in [9.17, 15) is 9.18 Å². The molecule has 1 aliphatic carbocycles. The maximum atomic E-state index is 13.3. The van der Waals surface area contributed by atoms with Crippen LogP contribution in [0.4, 0.5) is 4.39 Å². The Morgan fingerprint density at radius 3 is 2.83 bits per heavy atom. The average molecular weight is 324 g/mol. The van der Waals surface area contributed by atoms with E-state index in [2.05, 4.69) is 0 Å². The van der Waals surface area contributed by atoms with Gasteiger partial charge in [0.1, 0.15) is 23.8 Å². The summed E-state index contributed by atoms with van der Waals surface area (Å²) in [5, 5.41) is 0.879. The lowest BCUT2D eigenvalue weighted by Gasteiger charge is -2.13. The highest BCUT2D eigenvalue weighted by Crippen LogP contribution is 2.35. The lowest BCUT2D eigenvalue weighted by molar-refractivity contribution is 0.308. The number of ether oxygens (including phenoxy) is 1. The number of hydrogen-bond donors (Lipinski definition) is 0. The van der Waals surface area contributed by atoms with E-state index in [1.807, 2.05) is 25.1 Å². The first-order chi connectivity index (χ1) is 11.6. The Bertz CT molecular complexity index is 988. The molecule has 0 saturated heterocycles. The zero-order valence-electron chi connectivity index (χ0n) is 13.4. The van der Waals surface area contributed by atoms with Crippen molar-refractivity contribution in [3.05, 3.63) is 74.9 Å². The smallest absolute Gasteiger partial charge is 0.339 e. The summed E-state index contributed by atoms with van der Waals surface area (Å²) in [4.78, 5) is 12.1. The molecule has 0 bridgehead atoms. The molecule has 3 nitrogen and oxygen atoms in total. The number of aryl methyl sites for hydroxylation is 2. The average Bonchev–Trinajstić information content (AvgIpc) is 3.02. The van der Waals surface area contributed by atoms with E-state index in [1.165, 1.54) is 12.1 Å². The second-order valence-corrected chi connectivity index (χ2v) is 6.25. The van der Waals surface area contributed by atoms with Gasteiger partial charge in [0.25, 0.3) is 0 Å². The molecule has 0 amide bonds. The van der Waals surface area contributed by atoms with Crippen LogP contribution in [-0.4, -0.2) is 0 Å². The minimum atomic E-state index is -0.280. The molecule has 0 N–H and O–H groups in total. The highest BCUT2D eigenvalue weighted by atomic mass is 19.1. The van der Waals surface area contributed by atoms with Crippen LogP contribution in [0.2, 0.25) is 0 Å². The molecule has 0 radical (unpaired) electrons. The highest BCUT2D eigenvalue weighted by molar-refractivity contribution is 5.88. The van der Waals surface area contributed by atoms with Gasteiger partial charge < -0.3 is 9.15 Å². The van der Waals surface area contributed by atoms with Crippen LogP contribution < -0.4 is 10.4 Å². The fourth-order valence-corrected chi connectivity index (χ4v) is 3.41. The first-order valence-corrected chi connectivity index (χ1v) is 8.08. The Hall–Kier alpha value is -2.62. The number of benzene rings is 2. The topological polar surface area (TPSA) is 39.4 Å². The van der Waals surface area contributed by atoms with Crippen molar-refractivity contribution in [3.8, 4) is 5.75 Å². The van der Waals surface area contributed by atoms with Crippen molar-refractivity contribution < 1.29 is 13.5 Å². The summed E-state index contributed by atoms with van der Waals surface area (Å²) in [5.41, 5.74) is 3.85. The van der Waals surface area contributed by atoms with Crippen LogP contribution in [0.25, 0.3) is 11.0 Å². The molecular weight excluding hydrogens is 307 g/mol. The molecule has 0 saturated carbocycles. The van der Waals surface area contributed by atoms with Gasteiger partial charge in [-0.05, 0) is 67.1 Å². The number of rotatable bonds is 3. The van der Waals surface area contributed by atoms with Crippen LogP contribution in [0.15, 0.2) is 45.6 Å². The van der Waals surface area contributed by atoms with Crippen LogP contribution in [0.1, 0.15) is 28.7 Å². The second kappa shape index (κ2) is 5.78. The van der Waals surface area contributed by atoms with E-state index in [4.69, 9.17) is 9.15 Å². The van der Waals surface area contributed by atoms with Crippen LogP contribution in [-0.2, 0) is 19.4 Å². The maximum Gasteiger partial charge on any atom is 0.339 e. The molecule has 4 rings (SSSR count). The van der Waals surface area contributed by atoms with Gasteiger partial charge in [-0.1, -0.05) is 12.1 Å². The lowest BCUT2D eigenvalue weighted by Crippen LogP contribution is -2.08. The Kier molecular flexibility index (Phi) is 3.60. The predicted molar refractivity (Wildman–Crippen MR) is 90.0 cm³/mol. The second-order valence-electron chi connectivity index (χ2n) is 6.25. The molecular formula is C20H17FO3. The van der Waals surface area contributed by atoms with E-state index in [1.54, 1.807) is 6.07 Å². The van der Waals surface area contributed by atoms with Crippen molar-refractivity contribution in [3.63, 3.8) is 0 Å². The molecule has 0 fully saturated rings. The molecule has 1 aliphatic rings. The molecule has 0 aliphatic heterocycles. The van der Waals surface area contributed by atoms with Crippen LogP contribution in [0.5, 0.6) is 5.75 Å². The van der Waals surface area contributed by atoms with Gasteiger partial charge in [-0.25, -0.2) is 9.18 Å². The van der Waals surface area contributed by atoms with Crippen molar-refractivity contribution >= 4 is 11.0 Å². The number of hydrogen-bond acceptors (Lipinski definition) is 3. The monoisotopic (exact) mass is 324 g/mol. The molecule has 3 aromatic rings. The highest BCUT2D eigenvalue weighted by Gasteiger charge is 2.22. The Labute approximate surface area is 138 Å². The third-order valence-corrected chi connectivity index (χ3v) is 4.46. The first-order valence-electron chi connectivity index (χ1n) is 8.08. The summed E-state index contributed by atoms with van der Waals surface area (Å²) in [7, 11) is 0. The summed E-state index contributed by atoms with van der Waals surface area (Å²) in [6.45, 7) is 2.20. The van der Waals surface area contributed by atoms with Gasteiger partial charge >= 0.3 is 5.63 Å². The molecule has 1 heterocycles. The van der Waals surface area contributed by atoms with Gasteiger partial charge in [0.15, 0.2) is 0 Å². The summed E-state index contributed by atoms with van der Waals surface area (Å²) >= 11 is 0. The Balaban J connectivity index is 1.80. The minimum absolute atomic E-state index is 0.239. The largest absolute Gasteiger partial charge is 0.488 e. The van der Waals surface area contributed by atoms with Crippen LogP contribution in [0.3, 0.4) is 0 Å². The Morgan fingerprint density at radius 2 is 2.00 bits per heavy atom. The third kappa shape index (κ3) is 2.58. The van der Waals surface area contributed by atoms with Crippen molar-refractivity contribution in [2.24, 2.45) is 0 Å². The van der Waals surface area contributed by atoms with Gasteiger partial charge in [-0.2, -0.15) is 0 Å². The van der Waals surface area contributed by atoms with Crippen LogP contribution >= 0.6 is 0 Å². The van der Waals surface area contributed by atoms with Crippen molar-refractivity contribution in [1.29, 1.82) is 0 Å². The summed E-state index contributed by atoms with van der Waals surface area (Å²) < 4.78 is 24.8. The summed E-state index contributed by atoms with van der Waals surface area (Å²) in [6.07, 6.45) is 2.57. The van der Waals surface area contributed by atoms with Gasteiger partial charge in [-0.15, -0.1) is 0 Å². The van der Waals surface area contributed by atoms with E-state index >= 15 is 0 Å². The van der Waals surface area contributed by atoms with Crippen LogP contribution in [0, 0.1) is 12.7 Å². The van der Waals surface area contributed by atoms with E-state index in [0.717, 1.165) is 46.9 Å². The van der Waals surface area contributed by atoms with E-state index in [0.29, 0.717) is 11.3 Å². The standard InChI is InChI=1S/C20H17FO3/c1-12-8-17(23-11-13-4-2-5-14(21)10-13)19-15-6-3-7-16(15)20(22)24-18(19)9-12/h2,4-5,8-10H,3,6-7,11H2,1H3. The van der Waals surface area contributed by atoms with Gasteiger partial charge in [0.2, 0.25) is 0 Å². The molecule has 1 aromatic heterocycles. The van der Waals surface area contributed by atoms with Crippen molar-refractivity contribution in [2.75, 3.05) is 0 Å². The van der Waals surface area contributed by atoms with Gasteiger partial charge in [-0.3, -0.25) is 0 Å². The zero-order chi connectivity index (χ0) is 16.7. The van der Waals surface area contributed by atoms with Crippen molar-refractivity contribution in [1.82, 2.24) is 0 Å². The normalized spacial score (nSPS) is 13.2. The molecule has 0 atom stereocenters. The van der Waals surface area contributed by atoms with E-state index < -0.39 is 0 Å². The molecule has 2 aromatic carbocycles. The molecule has 24 heavy (non-hydrogen) atoms.